The van der Waals surface area contributed by atoms with Gasteiger partial charge in [0.1, 0.15) is 5.75 Å². The molecule has 0 aromatic heterocycles. The number of nitrogen functional groups attached to an aromatic ring is 1. The molecular formula is C14H12INO3. The second-order valence-electron chi connectivity index (χ2n) is 3.80. The summed E-state index contributed by atoms with van der Waals surface area (Å²) in [5.41, 5.74) is 6.70. The fourth-order valence-electron chi connectivity index (χ4n) is 1.53. The monoisotopic (exact) mass is 369 g/mol. The van der Waals surface area contributed by atoms with Gasteiger partial charge in [-0.15, -0.1) is 0 Å². The number of benzene rings is 2. The van der Waals surface area contributed by atoms with Gasteiger partial charge in [-0.05, 0) is 59.0 Å². The van der Waals surface area contributed by atoms with E-state index in [4.69, 9.17) is 10.5 Å². The lowest BCUT2D eigenvalue weighted by molar-refractivity contribution is 0.0600. The van der Waals surface area contributed by atoms with Crippen molar-refractivity contribution < 1.29 is 14.3 Å². The van der Waals surface area contributed by atoms with Gasteiger partial charge in [0.05, 0.1) is 18.4 Å². The predicted octanol–water partition coefficient (Wildman–Crippen LogP) is 3.45. The molecule has 2 aromatic rings. The molecule has 0 unspecified atom stereocenters. The third kappa shape index (κ3) is 3.37. The minimum atomic E-state index is -0.424. The van der Waals surface area contributed by atoms with E-state index >= 15 is 0 Å². The predicted molar refractivity (Wildman–Crippen MR) is 81.4 cm³/mol. The first kappa shape index (κ1) is 13.7. The Balaban J connectivity index is 2.31. The lowest BCUT2D eigenvalue weighted by atomic mass is 10.2. The van der Waals surface area contributed by atoms with E-state index in [0.29, 0.717) is 22.7 Å². The molecule has 98 valence electrons. The zero-order valence-corrected chi connectivity index (χ0v) is 12.4. The quantitative estimate of drug-likeness (QED) is 0.512. The van der Waals surface area contributed by atoms with Crippen molar-refractivity contribution in [1.29, 1.82) is 0 Å². The van der Waals surface area contributed by atoms with Crippen LogP contribution in [-0.4, -0.2) is 13.1 Å². The summed E-state index contributed by atoms with van der Waals surface area (Å²) in [4.78, 5) is 11.5. The van der Waals surface area contributed by atoms with Crippen LogP contribution in [0, 0.1) is 3.57 Å². The SMILES string of the molecule is COC(=O)c1ccc(N)c(Oc2cccc(I)c2)c1. The Morgan fingerprint density at radius 3 is 2.68 bits per heavy atom. The Bertz CT molecular complexity index is 613. The number of anilines is 1. The second kappa shape index (κ2) is 5.92. The molecule has 0 amide bonds. The second-order valence-corrected chi connectivity index (χ2v) is 5.05. The number of rotatable bonds is 3. The average Bonchev–Trinajstić information content (AvgIpc) is 2.40. The van der Waals surface area contributed by atoms with Crippen LogP contribution in [0.15, 0.2) is 42.5 Å². The molecule has 4 nitrogen and oxygen atoms in total. The van der Waals surface area contributed by atoms with E-state index in [1.54, 1.807) is 18.2 Å². The summed E-state index contributed by atoms with van der Waals surface area (Å²) in [7, 11) is 1.33. The lowest BCUT2D eigenvalue weighted by Crippen LogP contribution is -2.02. The van der Waals surface area contributed by atoms with Crippen molar-refractivity contribution in [3.8, 4) is 11.5 Å². The highest BCUT2D eigenvalue weighted by Gasteiger charge is 2.10. The van der Waals surface area contributed by atoms with Crippen LogP contribution in [0.2, 0.25) is 0 Å². The number of methoxy groups -OCH3 is 1. The van der Waals surface area contributed by atoms with Gasteiger partial charge in [-0.3, -0.25) is 0 Å². The summed E-state index contributed by atoms with van der Waals surface area (Å²) in [5.74, 6) is 0.679. The number of esters is 1. The molecule has 0 spiro atoms. The Labute approximate surface area is 124 Å². The van der Waals surface area contributed by atoms with Crippen LogP contribution in [0.3, 0.4) is 0 Å². The number of ether oxygens (including phenoxy) is 2. The third-order valence-corrected chi connectivity index (χ3v) is 3.13. The van der Waals surface area contributed by atoms with Gasteiger partial charge in [-0.1, -0.05) is 6.07 Å². The molecule has 0 heterocycles. The highest BCUT2D eigenvalue weighted by molar-refractivity contribution is 14.1. The first-order valence-electron chi connectivity index (χ1n) is 5.51. The van der Waals surface area contributed by atoms with E-state index in [2.05, 4.69) is 27.3 Å². The van der Waals surface area contributed by atoms with Gasteiger partial charge in [0.15, 0.2) is 5.75 Å². The molecule has 0 radical (unpaired) electrons. The summed E-state index contributed by atoms with van der Waals surface area (Å²) in [6.07, 6.45) is 0. The number of halogens is 1. The summed E-state index contributed by atoms with van der Waals surface area (Å²) in [6.45, 7) is 0. The largest absolute Gasteiger partial charge is 0.465 e. The molecule has 0 saturated heterocycles. The van der Waals surface area contributed by atoms with Gasteiger partial charge in [0.25, 0.3) is 0 Å². The van der Waals surface area contributed by atoms with E-state index in [0.717, 1.165) is 3.57 Å². The Hall–Kier alpha value is -1.76. The molecule has 0 atom stereocenters. The maximum atomic E-state index is 11.5. The average molecular weight is 369 g/mol. The smallest absolute Gasteiger partial charge is 0.337 e. The summed E-state index contributed by atoms with van der Waals surface area (Å²) in [5, 5.41) is 0. The zero-order chi connectivity index (χ0) is 13.8. The number of hydrogen-bond donors (Lipinski definition) is 1. The minimum Gasteiger partial charge on any atom is -0.465 e. The summed E-state index contributed by atoms with van der Waals surface area (Å²) < 4.78 is 11.4. The molecule has 0 bridgehead atoms. The summed E-state index contributed by atoms with van der Waals surface area (Å²) in [6, 6.07) is 12.3. The van der Waals surface area contributed by atoms with Crippen molar-refractivity contribution in [2.24, 2.45) is 0 Å². The molecule has 5 heteroatoms. The zero-order valence-electron chi connectivity index (χ0n) is 10.2. The lowest BCUT2D eigenvalue weighted by Gasteiger charge is -2.10. The van der Waals surface area contributed by atoms with Crippen LogP contribution in [0.5, 0.6) is 11.5 Å². The topological polar surface area (TPSA) is 61.5 Å². The molecule has 2 rings (SSSR count). The van der Waals surface area contributed by atoms with Gasteiger partial charge in [-0.25, -0.2) is 4.79 Å². The first-order chi connectivity index (χ1) is 9.10. The molecule has 0 aliphatic heterocycles. The normalized spacial score (nSPS) is 10.0. The Morgan fingerprint density at radius 1 is 1.21 bits per heavy atom. The maximum absolute atomic E-state index is 11.5. The van der Waals surface area contributed by atoms with Crippen molar-refractivity contribution in [2.45, 2.75) is 0 Å². The number of nitrogens with two attached hydrogens (primary N) is 1. The van der Waals surface area contributed by atoms with E-state index in [1.807, 2.05) is 24.3 Å². The molecule has 0 aliphatic carbocycles. The fraction of sp³-hybridized carbons (Fsp3) is 0.0714. The van der Waals surface area contributed by atoms with Crippen molar-refractivity contribution >= 4 is 34.2 Å². The van der Waals surface area contributed by atoms with Gasteiger partial charge in [0.2, 0.25) is 0 Å². The van der Waals surface area contributed by atoms with Crippen molar-refractivity contribution in [3.05, 3.63) is 51.6 Å². The first-order valence-corrected chi connectivity index (χ1v) is 6.59. The molecule has 0 saturated carbocycles. The van der Waals surface area contributed by atoms with Gasteiger partial charge in [0, 0.05) is 3.57 Å². The molecular weight excluding hydrogens is 357 g/mol. The van der Waals surface area contributed by atoms with E-state index in [-0.39, 0.29) is 0 Å². The van der Waals surface area contributed by atoms with Crippen LogP contribution in [0.25, 0.3) is 0 Å². The van der Waals surface area contributed by atoms with Crippen LogP contribution in [-0.2, 0) is 4.74 Å². The molecule has 2 aromatic carbocycles. The molecule has 0 fully saturated rings. The Morgan fingerprint density at radius 2 is 2.00 bits per heavy atom. The van der Waals surface area contributed by atoms with E-state index < -0.39 is 5.97 Å². The minimum absolute atomic E-state index is 0.400. The number of carbonyl (C=O) groups is 1. The van der Waals surface area contributed by atoms with Crippen LogP contribution >= 0.6 is 22.6 Å². The third-order valence-electron chi connectivity index (χ3n) is 2.46. The molecule has 2 N–H and O–H groups in total. The van der Waals surface area contributed by atoms with Gasteiger partial charge >= 0.3 is 5.97 Å². The molecule has 0 aliphatic rings. The van der Waals surface area contributed by atoms with Crippen LogP contribution < -0.4 is 10.5 Å². The van der Waals surface area contributed by atoms with Crippen molar-refractivity contribution in [2.75, 3.05) is 12.8 Å². The maximum Gasteiger partial charge on any atom is 0.337 e. The van der Waals surface area contributed by atoms with E-state index in [1.165, 1.54) is 7.11 Å². The van der Waals surface area contributed by atoms with Gasteiger partial charge < -0.3 is 15.2 Å². The van der Waals surface area contributed by atoms with E-state index in [9.17, 15) is 4.79 Å². The molecule has 19 heavy (non-hydrogen) atoms. The standard InChI is InChI=1S/C14H12INO3/c1-18-14(17)9-5-6-12(16)13(7-9)19-11-4-2-3-10(15)8-11/h2-8H,16H2,1H3. The number of carbonyl (C=O) groups excluding carboxylic acids is 1. The van der Waals surface area contributed by atoms with Crippen LogP contribution in [0.4, 0.5) is 5.69 Å². The highest BCUT2D eigenvalue weighted by atomic mass is 127. The Kier molecular flexibility index (Phi) is 4.26. The van der Waals surface area contributed by atoms with Crippen molar-refractivity contribution in [1.82, 2.24) is 0 Å². The highest BCUT2D eigenvalue weighted by Crippen LogP contribution is 2.29. The van der Waals surface area contributed by atoms with Gasteiger partial charge in [-0.2, -0.15) is 0 Å². The van der Waals surface area contributed by atoms with Crippen molar-refractivity contribution in [3.63, 3.8) is 0 Å². The fourth-order valence-corrected chi connectivity index (χ4v) is 2.04. The number of hydrogen-bond acceptors (Lipinski definition) is 4. The van der Waals surface area contributed by atoms with Crippen LogP contribution in [0.1, 0.15) is 10.4 Å². The summed E-state index contributed by atoms with van der Waals surface area (Å²) >= 11 is 2.19.